The standard InChI is InChI=1S/C22H19ClN2O4S2/c1-14-10-11-30-20(14)8-9-21(26)24-16-6-7-19(18(23)13-16)25-22(27)15-4-3-5-17(12-15)31(2,28)29/h3-13H,1-2H3,(H,24,26)(H,25,27)/b9-8+. The Bertz CT molecular complexity index is 1280. The van der Waals surface area contributed by atoms with Crippen molar-refractivity contribution >= 4 is 62.0 Å². The van der Waals surface area contributed by atoms with Crippen LogP contribution in [0.15, 0.2) is 64.9 Å². The summed E-state index contributed by atoms with van der Waals surface area (Å²) in [6.07, 6.45) is 4.26. The lowest BCUT2D eigenvalue weighted by Crippen LogP contribution is -2.13. The van der Waals surface area contributed by atoms with Gasteiger partial charge in [-0.2, -0.15) is 0 Å². The molecule has 2 amide bonds. The molecule has 0 atom stereocenters. The van der Waals surface area contributed by atoms with Gasteiger partial charge in [0.1, 0.15) is 0 Å². The Morgan fingerprint density at radius 1 is 1.06 bits per heavy atom. The lowest BCUT2D eigenvalue weighted by atomic mass is 10.2. The molecule has 0 saturated heterocycles. The topological polar surface area (TPSA) is 92.3 Å². The highest BCUT2D eigenvalue weighted by atomic mass is 35.5. The van der Waals surface area contributed by atoms with Crippen LogP contribution in [0.1, 0.15) is 20.8 Å². The monoisotopic (exact) mass is 474 g/mol. The van der Waals surface area contributed by atoms with Crippen LogP contribution < -0.4 is 10.6 Å². The summed E-state index contributed by atoms with van der Waals surface area (Å²) in [5.74, 6) is -0.809. The van der Waals surface area contributed by atoms with Gasteiger partial charge in [0.25, 0.3) is 5.91 Å². The van der Waals surface area contributed by atoms with Gasteiger partial charge in [0.2, 0.25) is 5.91 Å². The van der Waals surface area contributed by atoms with Crippen molar-refractivity contribution in [3.8, 4) is 0 Å². The van der Waals surface area contributed by atoms with Gasteiger partial charge in [-0.25, -0.2) is 8.42 Å². The number of halogens is 1. The summed E-state index contributed by atoms with van der Waals surface area (Å²) in [6.45, 7) is 1.97. The molecule has 0 aliphatic heterocycles. The number of carbonyl (C=O) groups is 2. The Morgan fingerprint density at radius 2 is 1.84 bits per heavy atom. The number of hydrogen-bond donors (Lipinski definition) is 2. The summed E-state index contributed by atoms with van der Waals surface area (Å²) in [7, 11) is -3.43. The van der Waals surface area contributed by atoms with Gasteiger partial charge in [-0.1, -0.05) is 17.7 Å². The normalized spacial score (nSPS) is 11.5. The number of amides is 2. The molecule has 3 rings (SSSR count). The third kappa shape index (κ3) is 6.04. The van der Waals surface area contributed by atoms with Gasteiger partial charge in [0.05, 0.1) is 15.6 Å². The molecule has 6 nitrogen and oxygen atoms in total. The molecule has 1 aromatic heterocycles. The van der Waals surface area contributed by atoms with Gasteiger partial charge in [-0.3, -0.25) is 9.59 Å². The molecule has 0 radical (unpaired) electrons. The first kappa shape index (κ1) is 22.7. The molecule has 0 bridgehead atoms. The summed E-state index contributed by atoms with van der Waals surface area (Å²) < 4.78 is 23.4. The van der Waals surface area contributed by atoms with Crippen LogP contribution in [0.2, 0.25) is 5.02 Å². The van der Waals surface area contributed by atoms with E-state index in [-0.39, 0.29) is 21.4 Å². The van der Waals surface area contributed by atoms with E-state index in [2.05, 4.69) is 10.6 Å². The minimum Gasteiger partial charge on any atom is -0.322 e. The first-order valence-electron chi connectivity index (χ1n) is 9.07. The highest BCUT2D eigenvalue weighted by molar-refractivity contribution is 7.90. The molecule has 160 valence electrons. The molecular formula is C22H19ClN2O4S2. The summed E-state index contributed by atoms with van der Waals surface area (Å²) in [5, 5.41) is 7.54. The molecule has 9 heteroatoms. The van der Waals surface area contributed by atoms with E-state index >= 15 is 0 Å². The van der Waals surface area contributed by atoms with Crippen molar-refractivity contribution < 1.29 is 18.0 Å². The second-order valence-electron chi connectivity index (χ2n) is 6.74. The van der Waals surface area contributed by atoms with E-state index < -0.39 is 15.7 Å². The number of hydrogen-bond acceptors (Lipinski definition) is 5. The lowest BCUT2D eigenvalue weighted by molar-refractivity contribution is -0.111. The van der Waals surface area contributed by atoms with Crippen LogP contribution in [-0.2, 0) is 14.6 Å². The zero-order valence-corrected chi connectivity index (χ0v) is 19.1. The Morgan fingerprint density at radius 3 is 2.48 bits per heavy atom. The van der Waals surface area contributed by atoms with E-state index in [1.165, 1.54) is 36.4 Å². The maximum atomic E-state index is 12.5. The number of sulfone groups is 1. The van der Waals surface area contributed by atoms with Crippen LogP contribution in [0, 0.1) is 6.92 Å². The van der Waals surface area contributed by atoms with Gasteiger partial charge in [0.15, 0.2) is 9.84 Å². The quantitative estimate of drug-likeness (QED) is 0.491. The lowest BCUT2D eigenvalue weighted by Gasteiger charge is -2.10. The van der Waals surface area contributed by atoms with Gasteiger partial charge < -0.3 is 10.6 Å². The molecule has 0 fully saturated rings. The zero-order chi connectivity index (χ0) is 22.6. The molecular weight excluding hydrogens is 456 g/mol. The molecule has 0 spiro atoms. The van der Waals surface area contributed by atoms with Crippen LogP contribution >= 0.6 is 22.9 Å². The van der Waals surface area contributed by atoms with E-state index in [1.807, 2.05) is 18.4 Å². The zero-order valence-electron chi connectivity index (χ0n) is 16.7. The van der Waals surface area contributed by atoms with Crippen molar-refractivity contribution in [2.45, 2.75) is 11.8 Å². The average molecular weight is 475 g/mol. The first-order valence-corrected chi connectivity index (χ1v) is 12.2. The highest BCUT2D eigenvalue weighted by Gasteiger charge is 2.13. The maximum Gasteiger partial charge on any atom is 0.255 e. The van der Waals surface area contributed by atoms with Crippen LogP contribution in [0.3, 0.4) is 0 Å². The van der Waals surface area contributed by atoms with Crippen molar-refractivity contribution in [1.29, 1.82) is 0 Å². The summed E-state index contributed by atoms with van der Waals surface area (Å²) in [6, 6.07) is 12.4. The number of rotatable bonds is 6. The SMILES string of the molecule is Cc1ccsc1/C=C/C(=O)Nc1ccc(NC(=O)c2cccc(S(C)(=O)=O)c2)c(Cl)c1. The van der Waals surface area contributed by atoms with Crippen molar-refractivity contribution in [2.75, 3.05) is 16.9 Å². The smallest absolute Gasteiger partial charge is 0.255 e. The van der Waals surface area contributed by atoms with Crippen molar-refractivity contribution in [3.05, 3.63) is 81.0 Å². The Balaban J connectivity index is 1.68. The first-order chi connectivity index (χ1) is 14.6. The fourth-order valence-corrected chi connectivity index (χ4v) is 4.36. The predicted molar refractivity (Wildman–Crippen MR) is 126 cm³/mol. The maximum absolute atomic E-state index is 12.5. The Hall–Kier alpha value is -2.94. The largest absolute Gasteiger partial charge is 0.322 e. The van der Waals surface area contributed by atoms with Crippen LogP contribution in [0.25, 0.3) is 6.08 Å². The molecule has 2 aromatic carbocycles. The summed E-state index contributed by atoms with van der Waals surface area (Å²) in [4.78, 5) is 25.7. The van der Waals surface area contributed by atoms with Crippen LogP contribution in [0.5, 0.6) is 0 Å². The fourth-order valence-electron chi connectivity index (χ4n) is 2.65. The van der Waals surface area contributed by atoms with E-state index in [4.69, 9.17) is 11.6 Å². The van der Waals surface area contributed by atoms with Gasteiger partial charge >= 0.3 is 0 Å². The number of thiophene rings is 1. The van der Waals surface area contributed by atoms with Gasteiger partial charge in [0, 0.05) is 28.5 Å². The molecule has 3 aromatic rings. The second-order valence-corrected chi connectivity index (χ2v) is 10.1. The molecule has 31 heavy (non-hydrogen) atoms. The predicted octanol–water partition coefficient (Wildman–Crippen LogP) is 5.02. The number of aryl methyl sites for hydroxylation is 1. The van der Waals surface area contributed by atoms with Crippen LogP contribution in [0.4, 0.5) is 11.4 Å². The Labute approximate surface area is 189 Å². The van der Waals surface area contributed by atoms with Crippen LogP contribution in [-0.4, -0.2) is 26.5 Å². The molecule has 0 unspecified atom stereocenters. The van der Waals surface area contributed by atoms with E-state index in [9.17, 15) is 18.0 Å². The Kier molecular flexibility index (Phi) is 6.94. The minimum atomic E-state index is -3.43. The molecule has 0 saturated carbocycles. The highest BCUT2D eigenvalue weighted by Crippen LogP contribution is 2.26. The fraction of sp³-hybridized carbons (Fsp3) is 0.0909. The number of anilines is 2. The summed E-state index contributed by atoms with van der Waals surface area (Å²) >= 11 is 7.80. The molecule has 1 heterocycles. The second kappa shape index (κ2) is 9.47. The number of benzene rings is 2. The third-order valence-electron chi connectivity index (χ3n) is 4.30. The number of carbonyl (C=O) groups excluding carboxylic acids is 2. The van der Waals surface area contributed by atoms with Gasteiger partial charge in [-0.15, -0.1) is 11.3 Å². The van der Waals surface area contributed by atoms with Crippen molar-refractivity contribution in [2.24, 2.45) is 0 Å². The molecule has 2 N–H and O–H groups in total. The van der Waals surface area contributed by atoms with E-state index in [0.717, 1.165) is 16.7 Å². The number of nitrogens with one attached hydrogen (secondary N) is 2. The third-order valence-corrected chi connectivity index (χ3v) is 6.70. The average Bonchev–Trinajstić information content (AvgIpc) is 3.12. The van der Waals surface area contributed by atoms with Gasteiger partial charge in [-0.05, 0) is 66.4 Å². The molecule has 0 aliphatic carbocycles. The van der Waals surface area contributed by atoms with Crippen molar-refractivity contribution in [1.82, 2.24) is 0 Å². The van der Waals surface area contributed by atoms with Crippen molar-refractivity contribution in [3.63, 3.8) is 0 Å². The van der Waals surface area contributed by atoms with E-state index in [0.29, 0.717) is 11.4 Å². The molecule has 0 aliphatic rings. The van der Waals surface area contributed by atoms with E-state index in [1.54, 1.807) is 29.5 Å². The minimum absolute atomic E-state index is 0.0510. The summed E-state index contributed by atoms with van der Waals surface area (Å²) in [5.41, 5.74) is 2.09.